The van der Waals surface area contributed by atoms with Crippen molar-refractivity contribution in [2.75, 3.05) is 18.1 Å². The van der Waals surface area contributed by atoms with Crippen LogP contribution in [0.25, 0.3) is 6.08 Å². The maximum absolute atomic E-state index is 12.4. The Hall–Kier alpha value is -3.54. The van der Waals surface area contributed by atoms with Crippen molar-refractivity contribution in [1.29, 1.82) is 0 Å². The van der Waals surface area contributed by atoms with Crippen LogP contribution >= 0.6 is 0 Å². The first-order valence-corrected chi connectivity index (χ1v) is 10.9. The molecule has 0 atom stereocenters. The second-order valence-electron chi connectivity index (χ2n) is 8.05. The van der Waals surface area contributed by atoms with Gasteiger partial charge in [0.05, 0.1) is 12.5 Å². The summed E-state index contributed by atoms with van der Waals surface area (Å²) in [5, 5.41) is 0. The van der Waals surface area contributed by atoms with Gasteiger partial charge in [-0.2, -0.15) is 0 Å². The van der Waals surface area contributed by atoms with E-state index < -0.39 is 5.97 Å². The minimum atomic E-state index is -0.446. The third kappa shape index (κ3) is 6.74. The number of ether oxygens (including phenoxy) is 2. The third-order valence-electron chi connectivity index (χ3n) is 5.73. The number of carbonyl (C=O) groups excluding carboxylic acids is 2. The van der Waals surface area contributed by atoms with E-state index in [9.17, 15) is 9.59 Å². The molecule has 0 spiro atoms. The van der Waals surface area contributed by atoms with Crippen molar-refractivity contribution < 1.29 is 19.1 Å². The minimum Gasteiger partial charge on any atom is -0.462 e. The molecule has 0 aliphatic heterocycles. The monoisotopic (exact) mass is 434 g/mol. The van der Waals surface area contributed by atoms with Gasteiger partial charge in [-0.05, 0) is 79.1 Å². The van der Waals surface area contributed by atoms with Crippen molar-refractivity contribution in [1.82, 2.24) is 0 Å². The molecule has 0 heterocycles. The molecule has 0 unspecified atom stereocenters. The van der Waals surface area contributed by atoms with Crippen molar-refractivity contribution in [2.24, 2.45) is 11.8 Å². The Balaban J connectivity index is 1.43. The smallest absolute Gasteiger partial charge is 0.330 e. The zero-order valence-corrected chi connectivity index (χ0v) is 18.2. The normalized spacial score (nSPS) is 18.2. The summed E-state index contributed by atoms with van der Waals surface area (Å²) in [6.45, 7) is 4.04. The SMILES string of the molecule is C=CC1CCC(C(=O)Oc2ccc(C=CC(=O)OCCc3cc(N)ccc3N)cc2)CC1. The van der Waals surface area contributed by atoms with Crippen molar-refractivity contribution in [3.63, 3.8) is 0 Å². The molecule has 0 saturated heterocycles. The van der Waals surface area contributed by atoms with E-state index in [0.717, 1.165) is 36.8 Å². The number of anilines is 2. The number of hydrogen-bond donors (Lipinski definition) is 2. The predicted molar refractivity (Wildman–Crippen MR) is 127 cm³/mol. The molecule has 3 rings (SSSR count). The number of hydrogen-bond acceptors (Lipinski definition) is 6. The summed E-state index contributed by atoms with van der Waals surface area (Å²) < 4.78 is 10.7. The van der Waals surface area contributed by atoms with Gasteiger partial charge in [-0.3, -0.25) is 4.79 Å². The van der Waals surface area contributed by atoms with Crippen LogP contribution in [-0.2, 0) is 20.7 Å². The van der Waals surface area contributed by atoms with Crippen molar-refractivity contribution in [2.45, 2.75) is 32.1 Å². The lowest BCUT2D eigenvalue weighted by molar-refractivity contribution is -0.140. The van der Waals surface area contributed by atoms with E-state index in [1.165, 1.54) is 6.08 Å². The van der Waals surface area contributed by atoms with Crippen LogP contribution in [0.5, 0.6) is 5.75 Å². The molecule has 1 aliphatic carbocycles. The molecule has 168 valence electrons. The average Bonchev–Trinajstić information content (AvgIpc) is 2.81. The number of esters is 2. The second kappa shape index (κ2) is 11.2. The number of nitrogens with two attached hydrogens (primary N) is 2. The van der Waals surface area contributed by atoms with Gasteiger partial charge in [-0.15, -0.1) is 6.58 Å². The lowest BCUT2D eigenvalue weighted by Gasteiger charge is -2.24. The molecule has 1 aliphatic rings. The van der Waals surface area contributed by atoms with Crippen LogP contribution in [0.3, 0.4) is 0 Å². The molecule has 2 aromatic carbocycles. The third-order valence-corrected chi connectivity index (χ3v) is 5.73. The Kier molecular flexibility index (Phi) is 8.08. The zero-order valence-electron chi connectivity index (χ0n) is 18.2. The highest BCUT2D eigenvalue weighted by Crippen LogP contribution is 2.30. The van der Waals surface area contributed by atoms with Crippen LogP contribution in [0.2, 0.25) is 0 Å². The number of nitrogen functional groups attached to an aromatic ring is 2. The van der Waals surface area contributed by atoms with Gasteiger partial charge in [0, 0.05) is 23.9 Å². The quantitative estimate of drug-likeness (QED) is 0.208. The van der Waals surface area contributed by atoms with Crippen LogP contribution in [0.1, 0.15) is 36.8 Å². The van der Waals surface area contributed by atoms with Crippen LogP contribution < -0.4 is 16.2 Å². The van der Waals surface area contributed by atoms with Gasteiger partial charge >= 0.3 is 11.9 Å². The molecule has 0 aromatic heterocycles. The van der Waals surface area contributed by atoms with Gasteiger partial charge in [-0.25, -0.2) is 4.79 Å². The van der Waals surface area contributed by atoms with Gasteiger partial charge in [0.2, 0.25) is 0 Å². The van der Waals surface area contributed by atoms with Crippen LogP contribution in [0.4, 0.5) is 11.4 Å². The standard InChI is InChI=1S/C26H30N2O4/c1-2-18-3-8-20(9-4-18)26(30)32-23-11-5-19(6-12-23)7-14-25(29)31-16-15-21-17-22(27)10-13-24(21)28/h2,5-7,10-14,17-18,20H,1,3-4,8-9,15-16,27-28H2. The van der Waals surface area contributed by atoms with E-state index in [-0.39, 0.29) is 18.5 Å². The lowest BCUT2D eigenvalue weighted by Crippen LogP contribution is -2.25. The molecule has 1 fully saturated rings. The summed E-state index contributed by atoms with van der Waals surface area (Å²) in [4.78, 5) is 24.3. The molecule has 0 amide bonds. The number of rotatable bonds is 8. The fourth-order valence-corrected chi connectivity index (χ4v) is 3.75. The lowest BCUT2D eigenvalue weighted by atomic mass is 9.82. The first kappa shape index (κ1) is 23.1. The summed E-state index contributed by atoms with van der Waals surface area (Å²) in [5.41, 5.74) is 14.5. The average molecular weight is 435 g/mol. The fourth-order valence-electron chi connectivity index (χ4n) is 3.75. The summed E-state index contributed by atoms with van der Waals surface area (Å²) in [6.07, 6.45) is 9.11. The van der Waals surface area contributed by atoms with Gasteiger partial charge in [0.1, 0.15) is 5.75 Å². The van der Waals surface area contributed by atoms with Crippen LogP contribution in [0, 0.1) is 11.8 Å². The Labute approximate surface area is 188 Å². The van der Waals surface area contributed by atoms with E-state index in [2.05, 4.69) is 6.58 Å². The molecule has 2 aromatic rings. The van der Waals surface area contributed by atoms with Gasteiger partial charge in [0.25, 0.3) is 0 Å². The summed E-state index contributed by atoms with van der Waals surface area (Å²) in [7, 11) is 0. The number of allylic oxidation sites excluding steroid dienone is 1. The first-order chi connectivity index (χ1) is 15.4. The van der Waals surface area contributed by atoms with Crippen molar-refractivity contribution in [3.05, 3.63) is 72.3 Å². The summed E-state index contributed by atoms with van der Waals surface area (Å²) in [6, 6.07) is 12.3. The molecule has 6 nitrogen and oxygen atoms in total. The van der Waals surface area contributed by atoms with E-state index in [1.807, 2.05) is 6.08 Å². The Morgan fingerprint density at radius 2 is 1.75 bits per heavy atom. The molecule has 1 saturated carbocycles. The van der Waals surface area contributed by atoms with Crippen molar-refractivity contribution in [3.8, 4) is 5.75 Å². The number of carbonyl (C=O) groups is 2. The first-order valence-electron chi connectivity index (χ1n) is 10.9. The summed E-state index contributed by atoms with van der Waals surface area (Å²) in [5.74, 6) is 0.328. The minimum absolute atomic E-state index is 0.0526. The maximum atomic E-state index is 12.4. The van der Waals surface area contributed by atoms with E-state index in [4.69, 9.17) is 20.9 Å². The zero-order chi connectivity index (χ0) is 22.9. The van der Waals surface area contributed by atoms with E-state index >= 15 is 0 Å². The second-order valence-corrected chi connectivity index (χ2v) is 8.05. The highest BCUT2D eigenvalue weighted by molar-refractivity contribution is 5.87. The largest absolute Gasteiger partial charge is 0.462 e. The molecule has 4 N–H and O–H groups in total. The van der Waals surface area contributed by atoms with Gasteiger partial charge < -0.3 is 20.9 Å². The molecular formula is C26H30N2O4. The van der Waals surface area contributed by atoms with E-state index in [0.29, 0.717) is 29.5 Å². The molecule has 0 bridgehead atoms. The predicted octanol–water partition coefficient (Wildman–Crippen LogP) is 4.55. The number of benzene rings is 2. The van der Waals surface area contributed by atoms with Crippen LogP contribution in [0.15, 0.2) is 61.2 Å². The molecular weight excluding hydrogens is 404 g/mol. The van der Waals surface area contributed by atoms with E-state index in [1.54, 1.807) is 48.5 Å². The Morgan fingerprint density at radius 1 is 1.03 bits per heavy atom. The maximum Gasteiger partial charge on any atom is 0.330 e. The van der Waals surface area contributed by atoms with Crippen molar-refractivity contribution >= 4 is 29.4 Å². The molecule has 32 heavy (non-hydrogen) atoms. The van der Waals surface area contributed by atoms with Crippen LogP contribution in [-0.4, -0.2) is 18.5 Å². The molecule has 6 heteroatoms. The van der Waals surface area contributed by atoms with Gasteiger partial charge in [-0.1, -0.05) is 18.2 Å². The Morgan fingerprint density at radius 3 is 2.44 bits per heavy atom. The van der Waals surface area contributed by atoms with Gasteiger partial charge in [0.15, 0.2) is 0 Å². The highest BCUT2D eigenvalue weighted by Gasteiger charge is 2.26. The topological polar surface area (TPSA) is 105 Å². The summed E-state index contributed by atoms with van der Waals surface area (Å²) >= 11 is 0. The highest BCUT2D eigenvalue weighted by atomic mass is 16.5. The fraction of sp³-hybridized carbons (Fsp3) is 0.308. The Bertz CT molecular complexity index is 974. The molecule has 0 radical (unpaired) electrons.